The summed E-state index contributed by atoms with van der Waals surface area (Å²) in [4.78, 5) is 6.64. The van der Waals surface area contributed by atoms with Crippen molar-refractivity contribution >= 4 is 0 Å². The lowest BCUT2D eigenvalue weighted by Gasteiger charge is -2.26. The van der Waals surface area contributed by atoms with Gasteiger partial charge in [0.2, 0.25) is 0 Å². The molecule has 2 N–H and O–H groups in total. The highest BCUT2D eigenvalue weighted by molar-refractivity contribution is 5.17. The summed E-state index contributed by atoms with van der Waals surface area (Å²) < 4.78 is 5.16. The summed E-state index contributed by atoms with van der Waals surface area (Å²) in [7, 11) is 1.75. The average molecular weight is 247 g/mol. The smallest absolute Gasteiger partial charge is 0.0673 e. The summed E-state index contributed by atoms with van der Waals surface area (Å²) in [5.74, 6) is 0. The van der Waals surface area contributed by atoms with Gasteiger partial charge in [-0.15, -0.1) is 0 Å². The molecule has 0 saturated carbocycles. The van der Waals surface area contributed by atoms with Crippen LogP contribution < -0.4 is 5.73 Å². The minimum absolute atomic E-state index is 0.506. The second-order valence-electron chi connectivity index (χ2n) is 4.64. The van der Waals surface area contributed by atoms with Crippen LogP contribution in [0.25, 0.3) is 0 Å². The van der Waals surface area contributed by atoms with Crippen molar-refractivity contribution < 1.29 is 4.74 Å². The van der Waals surface area contributed by atoms with Crippen molar-refractivity contribution in [2.75, 3.05) is 26.8 Å². The number of ether oxygens (including phenoxy) is 1. The molecule has 0 saturated heterocycles. The third kappa shape index (κ3) is 3.63. The van der Waals surface area contributed by atoms with Gasteiger partial charge < -0.3 is 10.5 Å². The van der Waals surface area contributed by atoms with Crippen molar-refractivity contribution in [1.29, 1.82) is 0 Å². The summed E-state index contributed by atoms with van der Waals surface area (Å²) in [6, 6.07) is 4.15. The summed E-state index contributed by atoms with van der Waals surface area (Å²) >= 11 is 0. The van der Waals surface area contributed by atoms with E-state index in [1.807, 2.05) is 6.20 Å². The summed E-state index contributed by atoms with van der Waals surface area (Å²) in [5, 5.41) is 0. The first-order chi connectivity index (χ1) is 8.81. The van der Waals surface area contributed by atoms with Crippen LogP contribution in [-0.4, -0.2) is 36.7 Å². The minimum atomic E-state index is 0.506. The zero-order valence-corrected chi connectivity index (χ0v) is 10.9. The average Bonchev–Trinajstić information content (AvgIpc) is 2.42. The number of nitrogens with two attached hydrogens (primary N) is 1. The van der Waals surface area contributed by atoms with E-state index in [9.17, 15) is 0 Å². The van der Waals surface area contributed by atoms with Gasteiger partial charge in [0.1, 0.15) is 0 Å². The van der Waals surface area contributed by atoms with E-state index in [0.29, 0.717) is 6.54 Å². The summed E-state index contributed by atoms with van der Waals surface area (Å²) in [6.07, 6.45) is 5.22. The topological polar surface area (TPSA) is 51.4 Å². The minimum Gasteiger partial charge on any atom is -0.380 e. The van der Waals surface area contributed by atoms with Crippen LogP contribution in [0, 0.1) is 0 Å². The van der Waals surface area contributed by atoms with Gasteiger partial charge in [0.05, 0.1) is 12.3 Å². The standard InChI is InChI=1S/C14H21N3O/c1-18-11-12-3-6-17(7-4-12)10-13-2-5-16-14(8-13)9-15/h2-3,5,8H,4,6-7,9-11,15H2,1H3. The zero-order chi connectivity index (χ0) is 12.8. The number of methoxy groups -OCH3 is 1. The SMILES string of the molecule is COCC1=CCN(Cc2ccnc(CN)c2)CC1. The predicted molar refractivity (Wildman–Crippen MR) is 72.0 cm³/mol. The maximum Gasteiger partial charge on any atom is 0.0673 e. The van der Waals surface area contributed by atoms with Crippen molar-refractivity contribution in [3.63, 3.8) is 0 Å². The van der Waals surface area contributed by atoms with Gasteiger partial charge in [0.25, 0.3) is 0 Å². The molecule has 0 amide bonds. The van der Waals surface area contributed by atoms with Crippen molar-refractivity contribution in [1.82, 2.24) is 9.88 Å². The normalized spacial score (nSPS) is 16.7. The van der Waals surface area contributed by atoms with Gasteiger partial charge in [-0.2, -0.15) is 0 Å². The van der Waals surface area contributed by atoms with E-state index in [1.165, 1.54) is 11.1 Å². The number of hydrogen-bond acceptors (Lipinski definition) is 4. The molecule has 1 aromatic rings. The largest absolute Gasteiger partial charge is 0.380 e. The number of aromatic nitrogens is 1. The fraction of sp³-hybridized carbons (Fsp3) is 0.500. The molecule has 0 bridgehead atoms. The quantitative estimate of drug-likeness (QED) is 0.797. The molecular formula is C14H21N3O. The van der Waals surface area contributed by atoms with E-state index in [-0.39, 0.29) is 0 Å². The van der Waals surface area contributed by atoms with E-state index in [4.69, 9.17) is 10.5 Å². The lowest BCUT2D eigenvalue weighted by Crippen LogP contribution is -2.29. The molecular weight excluding hydrogens is 226 g/mol. The first-order valence-corrected chi connectivity index (χ1v) is 6.35. The highest BCUT2D eigenvalue weighted by atomic mass is 16.5. The van der Waals surface area contributed by atoms with E-state index in [1.54, 1.807) is 7.11 Å². The molecule has 0 spiro atoms. The Kier molecular flexibility index (Phi) is 4.87. The Bertz CT molecular complexity index is 417. The van der Waals surface area contributed by atoms with Crippen LogP contribution in [0.5, 0.6) is 0 Å². The fourth-order valence-electron chi connectivity index (χ4n) is 2.21. The van der Waals surface area contributed by atoms with Gasteiger partial charge in [0, 0.05) is 39.5 Å². The third-order valence-corrected chi connectivity index (χ3v) is 3.21. The number of nitrogens with zero attached hydrogens (tertiary/aromatic N) is 2. The lowest BCUT2D eigenvalue weighted by molar-refractivity contribution is 0.210. The van der Waals surface area contributed by atoms with Crippen LogP contribution >= 0.6 is 0 Å². The molecule has 4 heteroatoms. The molecule has 2 rings (SSSR count). The van der Waals surface area contributed by atoms with Gasteiger partial charge in [-0.1, -0.05) is 6.08 Å². The summed E-state index contributed by atoms with van der Waals surface area (Å²) in [6.45, 7) is 4.33. The van der Waals surface area contributed by atoms with Crippen LogP contribution in [-0.2, 0) is 17.8 Å². The highest BCUT2D eigenvalue weighted by Gasteiger charge is 2.11. The van der Waals surface area contributed by atoms with Crippen LogP contribution in [0.15, 0.2) is 30.0 Å². The van der Waals surface area contributed by atoms with Crippen LogP contribution in [0.3, 0.4) is 0 Å². The summed E-state index contributed by atoms with van der Waals surface area (Å²) in [5.41, 5.74) is 9.26. The molecule has 4 nitrogen and oxygen atoms in total. The van der Waals surface area contributed by atoms with Crippen LogP contribution in [0.4, 0.5) is 0 Å². The van der Waals surface area contributed by atoms with Gasteiger partial charge in [-0.3, -0.25) is 9.88 Å². The van der Waals surface area contributed by atoms with Crippen molar-refractivity contribution in [2.24, 2.45) is 5.73 Å². The van der Waals surface area contributed by atoms with Crippen molar-refractivity contribution in [3.8, 4) is 0 Å². The molecule has 0 aliphatic carbocycles. The molecule has 1 aliphatic rings. The maximum absolute atomic E-state index is 5.60. The van der Waals surface area contributed by atoms with Gasteiger partial charge in [-0.05, 0) is 29.7 Å². The predicted octanol–water partition coefficient (Wildman–Crippen LogP) is 1.32. The Hall–Kier alpha value is -1.23. The Morgan fingerprint density at radius 2 is 2.39 bits per heavy atom. The molecule has 2 heterocycles. The number of pyridine rings is 1. The lowest BCUT2D eigenvalue weighted by atomic mass is 10.1. The number of hydrogen-bond donors (Lipinski definition) is 1. The fourth-order valence-corrected chi connectivity index (χ4v) is 2.21. The monoisotopic (exact) mass is 247 g/mol. The molecule has 0 radical (unpaired) electrons. The first kappa shape index (κ1) is 13.2. The van der Waals surface area contributed by atoms with Gasteiger partial charge in [0.15, 0.2) is 0 Å². The molecule has 1 aliphatic heterocycles. The van der Waals surface area contributed by atoms with E-state index >= 15 is 0 Å². The van der Waals surface area contributed by atoms with E-state index in [2.05, 4.69) is 28.1 Å². The Balaban J connectivity index is 1.91. The van der Waals surface area contributed by atoms with Crippen molar-refractivity contribution in [3.05, 3.63) is 41.2 Å². The Labute approximate surface area is 108 Å². The molecule has 0 fully saturated rings. The second kappa shape index (κ2) is 6.64. The Morgan fingerprint density at radius 1 is 1.50 bits per heavy atom. The molecule has 98 valence electrons. The maximum atomic E-state index is 5.60. The highest BCUT2D eigenvalue weighted by Crippen LogP contribution is 2.14. The number of rotatable bonds is 5. The van der Waals surface area contributed by atoms with Crippen molar-refractivity contribution in [2.45, 2.75) is 19.5 Å². The second-order valence-corrected chi connectivity index (χ2v) is 4.64. The van der Waals surface area contributed by atoms with Crippen LogP contribution in [0.2, 0.25) is 0 Å². The van der Waals surface area contributed by atoms with Gasteiger partial charge >= 0.3 is 0 Å². The Morgan fingerprint density at radius 3 is 3.06 bits per heavy atom. The van der Waals surface area contributed by atoms with Crippen LogP contribution in [0.1, 0.15) is 17.7 Å². The molecule has 0 unspecified atom stereocenters. The third-order valence-electron chi connectivity index (χ3n) is 3.21. The molecule has 0 atom stereocenters. The molecule has 18 heavy (non-hydrogen) atoms. The molecule has 0 aromatic carbocycles. The van der Waals surface area contributed by atoms with E-state index in [0.717, 1.165) is 38.4 Å². The molecule has 1 aromatic heterocycles. The van der Waals surface area contributed by atoms with E-state index < -0.39 is 0 Å². The zero-order valence-electron chi connectivity index (χ0n) is 10.9. The first-order valence-electron chi connectivity index (χ1n) is 6.35. The van der Waals surface area contributed by atoms with Gasteiger partial charge in [-0.25, -0.2) is 0 Å².